The van der Waals surface area contributed by atoms with Gasteiger partial charge in [0.2, 0.25) is 0 Å². The molecule has 0 fully saturated rings. The summed E-state index contributed by atoms with van der Waals surface area (Å²) in [7, 11) is 4.63. The Morgan fingerprint density at radius 3 is 2.35 bits per heavy atom. The lowest BCUT2D eigenvalue weighted by molar-refractivity contribution is -0.384. The monoisotopic (exact) mass is 554 g/mol. The zero-order valence-electron chi connectivity index (χ0n) is 23.4. The van der Waals surface area contributed by atoms with Gasteiger partial charge >= 0.3 is 12.0 Å². The van der Waals surface area contributed by atoms with Gasteiger partial charge in [0.05, 0.1) is 36.9 Å². The van der Waals surface area contributed by atoms with E-state index in [9.17, 15) is 24.5 Å². The van der Waals surface area contributed by atoms with Crippen LogP contribution >= 0.6 is 0 Å². The van der Waals surface area contributed by atoms with Gasteiger partial charge in [0.15, 0.2) is 0 Å². The van der Waals surface area contributed by atoms with E-state index in [2.05, 4.69) is 5.32 Å². The molecule has 1 atom stereocenters. The Kier molecular flexibility index (Phi) is 9.70. The van der Waals surface area contributed by atoms with Crippen LogP contribution in [0.3, 0.4) is 0 Å². The van der Waals surface area contributed by atoms with Crippen LogP contribution in [0.5, 0.6) is 11.5 Å². The SMILES string of the molecule is COc1cc(OC)cc(C(=O)N(C)CCCN2C(=O)NC(C)=C(C(=O)OC(C)C)C2c2cccc([N+](=O)[O-])c2)c1. The first-order valence-electron chi connectivity index (χ1n) is 12.7. The van der Waals surface area contributed by atoms with Gasteiger partial charge in [-0.25, -0.2) is 9.59 Å². The lowest BCUT2D eigenvalue weighted by atomic mass is 9.93. The van der Waals surface area contributed by atoms with Crippen molar-refractivity contribution in [1.82, 2.24) is 15.1 Å². The number of esters is 1. The van der Waals surface area contributed by atoms with E-state index in [-0.39, 0.29) is 30.3 Å². The molecule has 0 aromatic heterocycles. The lowest BCUT2D eigenvalue weighted by Gasteiger charge is -2.38. The molecule has 1 unspecified atom stereocenters. The van der Waals surface area contributed by atoms with Crippen LogP contribution in [-0.4, -0.2) is 73.1 Å². The lowest BCUT2D eigenvalue weighted by Crippen LogP contribution is -2.49. The van der Waals surface area contributed by atoms with E-state index in [0.717, 1.165) is 0 Å². The summed E-state index contributed by atoms with van der Waals surface area (Å²) in [4.78, 5) is 53.3. The summed E-state index contributed by atoms with van der Waals surface area (Å²) in [5.41, 5.74) is 1.09. The van der Waals surface area contributed by atoms with E-state index in [1.165, 1.54) is 42.2 Å². The van der Waals surface area contributed by atoms with E-state index in [4.69, 9.17) is 14.2 Å². The van der Waals surface area contributed by atoms with Crippen LogP contribution in [-0.2, 0) is 9.53 Å². The molecule has 12 nitrogen and oxygen atoms in total. The summed E-state index contributed by atoms with van der Waals surface area (Å²) < 4.78 is 16.0. The average Bonchev–Trinajstić information content (AvgIpc) is 2.92. The normalized spacial score (nSPS) is 15.0. The minimum absolute atomic E-state index is 0.143. The standard InChI is InChI=1S/C28H34N4O8/c1-17(2)40-27(34)24-18(3)29-28(35)31(25(24)19-9-7-10-21(13-19)32(36)37)12-8-11-30(4)26(33)20-14-22(38-5)16-23(15-20)39-6/h7,9-10,13-17,25H,8,11-12H2,1-6H3,(H,29,35). The van der Waals surface area contributed by atoms with Crippen molar-refractivity contribution in [1.29, 1.82) is 0 Å². The van der Waals surface area contributed by atoms with Crippen LogP contribution in [0.1, 0.15) is 49.2 Å². The van der Waals surface area contributed by atoms with Crippen LogP contribution < -0.4 is 14.8 Å². The van der Waals surface area contributed by atoms with Gasteiger partial charge in [0.1, 0.15) is 11.5 Å². The summed E-state index contributed by atoms with van der Waals surface area (Å²) >= 11 is 0. The highest BCUT2D eigenvalue weighted by Crippen LogP contribution is 2.36. The second-order valence-corrected chi connectivity index (χ2v) is 9.55. The van der Waals surface area contributed by atoms with E-state index in [1.807, 2.05) is 0 Å². The number of carbonyl (C=O) groups excluding carboxylic acids is 3. The number of amides is 3. The molecule has 0 bridgehead atoms. The number of methoxy groups -OCH3 is 2. The van der Waals surface area contributed by atoms with E-state index in [1.54, 1.807) is 52.1 Å². The minimum atomic E-state index is -0.927. The number of hydrogen-bond acceptors (Lipinski definition) is 8. The number of ether oxygens (including phenoxy) is 3. The topological polar surface area (TPSA) is 141 Å². The molecule has 2 aromatic carbocycles. The minimum Gasteiger partial charge on any atom is -0.497 e. The Hall–Kier alpha value is -4.61. The number of urea groups is 1. The Morgan fingerprint density at radius 2 is 1.77 bits per heavy atom. The van der Waals surface area contributed by atoms with Gasteiger partial charge in [-0.3, -0.25) is 14.9 Å². The van der Waals surface area contributed by atoms with Crippen molar-refractivity contribution in [2.75, 3.05) is 34.4 Å². The van der Waals surface area contributed by atoms with Crippen LogP contribution in [0.4, 0.5) is 10.5 Å². The van der Waals surface area contributed by atoms with Gasteiger partial charge in [-0.1, -0.05) is 12.1 Å². The summed E-state index contributed by atoms with van der Waals surface area (Å²) in [5, 5.41) is 14.2. The molecular formula is C28H34N4O8. The number of hydrogen-bond donors (Lipinski definition) is 1. The molecule has 3 rings (SSSR count). The van der Waals surface area contributed by atoms with Gasteiger partial charge in [-0.2, -0.15) is 0 Å². The Labute approximate surface area is 232 Å². The molecule has 3 amide bonds. The van der Waals surface area contributed by atoms with Gasteiger partial charge in [-0.15, -0.1) is 0 Å². The number of nitro groups is 1. The van der Waals surface area contributed by atoms with E-state index >= 15 is 0 Å². The number of carbonyl (C=O) groups is 3. The Bertz CT molecular complexity index is 1300. The largest absolute Gasteiger partial charge is 0.497 e. The Balaban J connectivity index is 1.87. The number of benzene rings is 2. The molecular weight excluding hydrogens is 520 g/mol. The molecule has 2 aromatic rings. The second-order valence-electron chi connectivity index (χ2n) is 9.55. The van der Waals surface area contributed by atoms with Crippen LogP contribution in [0.2, 0.25) is 0 Å². The number of nitrogens with zero attached hydrogens (tertiary/aromatic N) is 3. The average molecular weight is 555 g/mol. The third-order valence-electron chi connectivity index (χ3n) is 6.34. The highest BCUT2D eigenvalue weighted by Gasteiger charge is 2.39. The number of nitro benzene ring substituents is 1. The van der Waals surface area contributed by atoms with E-state index in [0.29, 0.717) is 34.7 Å². The fraction of sp³-hybridized carbons (Fsp3) is 0.393. The molecule has 0 radical (unpaired) electrons. The van der Waals surface area contributed by atoms with Crippen molar-refractivity contribution < 1.29 is 33.5 Å². The fourth-order valence-corrected chi connectivity index (χ4v) is 4.44. The maximum atomic E-state index is 13.2. The first-order chi connectivity index (χ1) is 19.0. The first-order valence-corrected chi connectivity index (χ1v) is 12.7. The van der Waals surface area contributed by atoms with Gasteiger partial charge < -0.3 is 29.3 Å². The maximum absolute atomic E-state index is 13.2. The maximum Gasteiger partial charge on any atom is 0.338 e. The van der Waals surface area contributed by atoms with Crippen molar-refractivity contribution in [2.24, 2.45) is 0 Å². The zero-order chi connectivity index (χ0) is 29.6. The molecule has 0 saturated carbocycles. The number of rotatable bonds is 11. The summed E-state index contributed by atoms with van der Waals surface area (Å²) in [5.74, 6) is 0.0495. The third kappa shape index (κ3) is 6.87. The van der Waals surface area contributed by atoms with Crippen molar-refractivity contribution in [2.45, 2.75) is 39.3 Å². The van der Waals surface area contributed by atoms with Gasteiger partial charge in [0, 0.05) is 49.6 Å². The third-order valence-corrected chi connectivity index (χ3v) is 6.34. The molecule has 40 heavy (non-hydrogen) atoms. The highest BCUT2D eigenvalue weighted by molar-refractivity contribution is 5.96. The van der Waals surface area contributed by atoms with Crippen LogP contribution in [0, 0.1) is 10.1 Å². The zero-order valence-corrected chi connectivity index (χ0v) is 23.4. The van der Waals surface area contributed by atoms with Gasteiger partial charge in [-0.05, 0) is 44.9 Å². The highest BCUT2D eigenvalue weighted by atomic mass is 16.6. The van der Waals surface area contributed by atoms with Gasteiger partial charge in [0.25, 0.3) is 11.6 Å². The smallest absolute Gasteiger partial charge is 0.338 e. The number of allylic oxidation sites excluding steroid dienone is 1. The summed E-state index contributed by atoms with van der Waals surface area (Å²) in [6.45, 7) is 5.42. The van der Waals surface area contributed by atoms with Crippen molar-refractivity contribution in [3.63, 3.8) is 0 Å². The molecule has 1 N–H and O–H groups in total. The molecule has 0 spiro atoms. The second kappa shape index (κ2) is 13.0. The first kappa shape index (κ1) is 29.9. The van der Waals surface area contributed by atoms with Crippen molar-refractivity contribution in [3.8, 4) is 11.5 Å². The molecule has 1 heterocycles. The van der Waals surface area contributed by atoms with E-state index < -0.39 is 29.1 Å². The molecule has 1 aliphatic heterocycles. The quantitative estimate of drug-likeness (QED) is 0.249. The Morgan fingerprint density at radius 1 is 1.12 bits per heavy atom. The van der Waals surface area contributed by atoms with Crippen molar-refractivity contribution in [3.05, 3.63) is 75.0 Å². The van der Waals surface area contributed by atoms with Crippen LogP contribution in [0.15, 0.2) is 53.7 Å². The molecule has 0 aliphatic carbocycles. The predicted molar refractivity (Wildman–Crippen MR) is 146 cm³/mol. The molecule has 214 valence electrons. The number of nitrogens with one attached hydrogen (secondary N) is 1. The van der Waals surface area contributed by atoms with Crippen molar-refractivity contribution >= 4 is 23.6 Å². The van der Waals surface area contributed by atoms with Crippen LogP contribution in [0.25, 0.3) is 0 Å². The number of non-ortho nitro benzene ring substituents is 1. The summed E-state index contributed by atoms with van der Waals surface area (Å²) in [6.07, 6.45) is -0.0622. The fourth-order valence-electron chi connectivity index (χ4n) is 4.44. The predicted octanol–water partition coefficient (Wildman–Crippen LogP) is 4.07. The molecule has 0 saturated heterocycles. The summed E-state index contributed by atoms with van der Waals surface area (Å²) in [6, 6.07) is 9.31. The molecule has 12 heteroatoms. The molecule has 1 aliphatic rings.